The molecule has 1 aliphatic carbocycles. The Bertz CT molecular complexity index is 1810. The van der Waals surface area contributed by atoms with Crippen molar-refractivity contribution in [3.05, 3.63) is 120 Å². The fourth-order valence-electron chi connectivity index (χ4n) is 5.18. The van der Waals surface area contributed by atoms with Crippen LogP contribution in [-0.2, 0) is 0 Å². The van der Waals surface area contributed by atoms with E-state index in [1.54, 1.807) is 7.11 Å². The molecule has 0 fully saturated rings. The van der Waals surface area contributed by atoms with Crippen LogP contribution < -0.4 is 4.74 Å². The third kappa shape index (κ3) is 3.21. The number of carbonyl (C=O) groups excluding carboxylic acids is 1. The molecule has 0 radical (unpaired) electrons. The summed E-state index contributed by atoms with van der Waals surface area (Å²) in [6, 6.07) is 35.6. The van der Waals surface area contributed by atoms with E-state index in [1.165, 1.54) is 0 Å². The lowest BCUT2D eigenvalue weighted by Gasteiger charge is -2.12. The SMILES string of the molecule is COc1ccc(-c2c3c(nc4c2c(-c2ccccc2)nn4-c2ccccc2)-c2ccccc2C3=O)cc1. The van der Waals surface area contributed by atoms with E-state index in [4.69, 9.17) is 14.8 Å². The molecule has 7 rings (SSSR count). The second kappa shape index (κ2) is 8.28. The van der Waals surface area contributed by atoms with Crippen LogP contribution in [0.1, 0.15) is 15.9 Å². The molecule has 5 heteroatoms. The zero-order valence-electron chi connectivity index (χ0n) is 20.1. The summed E-state index contributed by atoms with van der Waals surface area (Å²) >= 11 is 0. The normalized spacial score (nSPS) is 12.0. The van der Waals surface area contributed by atoms with Crippen molar-refractivity contribution in [2.75, 3.05) is 7.11 Å². The molecular weight excluding hydrogens is 458 g/mol. The molecule has 5 nitrogen and oxygen atoms in total. The Balaban J connectivity index is 1.67. The first-order valence-electron chi connectivity index (χ1n) is 12.1. The van der Waals surface area contributed by atoms with Crippen LogP contribution in [0.5, 0.6) is 5.75 Å². The van der Waals surface area contributed by atoms with E-state index >= 15 is 0 Å². The summed E-state index contributed by atoms with van der Waals surface area (Å²) < 4.78 is 7.30. The van der Waals surface area contributed by atoms with Crippen LogP contribution in [0, 0.1) is 0 Å². The number of ether oxygens (including phenoxy) is 1. The van der Waals surface area contributed by atoms with Gasteiger partial charge in [-0.3, -0.25) is 4.79 Å². The number of hydrogen-bond acceptors (Lipinski definition) is 4. The van der Waals surface area contributed by atoms with Crippen LogP contribution in [0.25, 0.3) is 50.4 Å². The van der Waals surface area contributed by atoms with Gasteiger partial charge in [0.05, 0.1) is 29.4 Å². The number of pyridine rings is 1. The maximum absolute atomic E-state index is 13.9. The Morgan fingerprint density at radius 1 is 0.649 bits per heavy atom. The molecule has 0 N–H and O–H groups in total. The number of benzene rings is 4. The molecule has 37 heavy (non-hydrogen) atoms. The van der Waals surface area contributed by atoms with Gasteiger partial charge in [-0.15, -0.1) is 0 Å². The largest absolute Gasteiger partial charge is 0.497 e. The number of para-hydroxylation sites is 1. The minimum absolute atomic E-state index is 0.0164. The predicted octanol–water partition coefficient (Wildman–Crippen LogP) is 6.97. The molecule has 0 atom stereocenters. The summed E-state index contributed by atoms with van der Waals surface area (Å²) in [4.78, 5) is 19.0. The van der Waals surface area contributed by atoms with Crippen molar-refractivity contribution in [3.8, 4) is 45.1 Å². The zero-order chi connectivity index (χ0) is 24.9. The fraction of sp³-hybridized carbons (Fsp3) is 0.0312. The summed E-state index contributed by atoms with van der Waals surface area (Å²) in [5.74, 6) is 0.737. The lowest BCUT2D eigenvalue weighted by atomic mass is 9.93. The van der Waals surface area contributed by atoms with Gasteiger partial charge in [-0.05, 0) is 29.8 Å². The van der Waals surface area contributed by atoms with Gasteiger partial charge >= 0.3 is 0 Å². The van der Waals surface area contributed by atoms with Gasteiger partial charge in [-0.2, -0.15) is 5.10 Å². The molecular formula is C32H21N3O2. The molecule has 4 aromatic carbocycles. The molecule has 1 aliphatic rings. The van der Waals surface area contributed by atoms with Crippen LogP contribution in [0.15, 0.2) is 109 Å². The fourth-order valence-corrected chi connectivity index (χ4v) is 5.18. The van der Waals surface area contributed by atoms with Gasteiger partial charge in [0.2, 0.25) is 0 Å². The van der Waals surface area contributed by atoms with Crippen LogP contribution >= 0.6 is 0 Å². The van der Waals surface area contributed by atoms with E-state index < -0.39 is 0 Å². The molecule has 0 aliphatic heterocycles. The van der Waals surface area contributed by atoms with E-state index in [0.717, 1.165) is 44.8 Å². The van der Waals surface area contributed by atoms with Crippen molar-refractivity contribution < 1.29 is 9.53 Å². The maximum atomic E-state index is 13.9. The third-order valence-electron chi connectivity index (χ3n) is 6.90. The molecule has 2 aromatic heterocycles. The Kier molecular flexibility index (Phi) is 4.76. The molecule has 0 saturated heterocycles. The van der Waals surface area contributed by atoms with Crippen LogP contribution in [0.4, 0.5) is 0 Å². The highest BCUT2D eigenvalue weighted by Gasteiger charge is 2.34. The molecule has 6 aromatic rings. The van der Waals surface area contributed by atoms with Crippen LogP contribution in [0.2, 0.25) is 0 Å². The van der Waals surface area contributed by atoms with Crippen LogP contribution in [0.3, 0.4) is 0 Å². The third-order valence-corrected chi connectivity index (χ3v) is 6.90. The standard InChI is InChI=1S/C32H21N3O2/c1-37-23-18-16-20(17-19-23)26-27-30(24-14-8-9-15-25(24)31(27)36)33-32-28(26)29(21-10-4-2-5-11-21)34-35(32)22-12-6-3-7-13-22/h2-19H,1H3. The topological polar surface area (TPSA) is 57.0 Å². The number of rotatable bonds is 4. The summed E-state index contributed by atoms with van der Waals surface area (Å²) in [7, 11) is 1.65. The molecule has 0 amide bonds. The van der Waals surface area contributed by atoms with Gasteiger partial charge in [0.1, 0.15) is 11.4 Å². The van der Waals surface area contributed by atoms with Crippen molar-refractivity contribution in [2.24, 2.45) is 0 Å². The number of hydrogen-bond donors (Lipinski definition) is 0. The van der Waals surface area contributed by atoms with E-state index in [9.17, 15) is 4.79 Å². The lowest BCUT2D eigenvalue weighted by molar-refractivity contribution is 0.104. The van der Waals surface area contributed by atoms with E-state index in [2.05, 4.69) is 0 Å². The zero-order valence-corrected chi connectivity index (χ0v) is 20.1. The van der Waals surface area contributed by atoms with Gasteiger partial charge in [0.25, 0.3) is 0 Å². The summed E-state index contributed by atoms with van der Waals surface area (Å²) in [6.45, 7) is 0. The number of nitrogens with zero attached hydrogens (tertiary/aromatic N) is 3. The van der Waals surface area contributed by atoms with Crippen molar-refractivity contribution in [1.82, 2.24) is 14.8 Å². The van der Waals surface area contributed by atoms with Crippen molar-refractivity contribution in [2.45, 2.75) is 0 Å². The second-order valence-electron chi connectivity index (χ2n) is 8.97. The van der Waals surface area contributed by atoms with E-state index in [0.29, 0.717) is 22.5 Å². The minimum Gasteiger partial charge on any atom is -0.497 e. The number of ketones is 1. The van der Waals surface area contributed by atoms with Gasteiger partial charge in [0, 0.05) is 22.3 Å². The Labute approximate surface area is 213 Å². The predicted molar refractivity (Wildman–Crippen MR) is 145 cm³/mol. The first-order valence-corrected chi connectivity index (χ1v) is 12.1. The molecule has 0 spiro atoms. The highest BCUT2D eigenvalue weighted by Crippen LogP contribution is 2.46. The Morgan fingerprint density at radius 2 is 1.30 bits per heavy atom. The Morgan fingerprint density at radius 3 is 2.00 bits per heavy atom. The maximum Gasteiger partial charge on any atom is 0.196 e. The first-order chi connectivity index (χ1) is 18.2. The monoisotopic (exact) mass is 479 g/mol. The van der Waals surface area contributed by atoms with Gasteiger partial charge < -0.3 is 4.74 Å². The summed E-state index contributed by atoms with van der Waals surface area (Å²) in [5.41, 5.74) is 7.93. The highest BCUT2D eigenvalue weighted by atomic mass is 16.5. The molecule has 0 bridgehead atoms. The minimum atomic E-state index is -0.0164. The first kappa shape index (κ1) is 21.3. The quantitative estimate of drug-likeness (QED) is 0.273. The molecule has 0 unspecified atom stereocenters. The average molecular weight is 480 g/mol. The summed E-state index contributed by atoms with van der Waals surface area (Å²) in [5, 5.41) is 5.94. The Hall–Kier alpha value is -5.03. The second-order valence-corrected chi connectivity index (χ2v) is 8.97. The number of aromatic nitrogens is 3. The molecule has 2 heterocycles. The van der Waals surface area contributed by atoms with E-state index in [-0.39, 0.29) is 5.78 Å². The number of methoxy groups -OCH3 is 1. The van der Waals surface area contributed by atoms with Crippen LogP contribution in [-0.4, -0.2) is 27.7 Å². The molecule has 176 valence electrons. The van der Waals surface area contributed by atoms with Crippen molar-refractivity contribution in [1.29, 1.82) is 0 Å². The lowest BCUT2D eigenvalue weighted by Crippen LogP contribution is -2.02. The van der Waals surface area contributed by atoms with Gasteiger partial charge in [-0.1, -0.05) is 84.9 Å². The smallest absolute Gasteiger partial charge is 0.196 e. The highest BCUT2D eigenvalue weighted by molar-refractivity contribution is 6.27. The number of fused-ring (bicyclic) bond motifs is 4. The number of carbonyl (C=O) groups is 1. The van der Waals surface area contributed by atoms with Gasteiger partial charge in [-0.25, -0.2) is 9.67 Å². The van der Waals surface area contributed by atoms with Gasteiger partial charge in [0.15, 0.2) is 11.4 Å². The van der Waals surface area contributed by atoms with Crippen molar-refractivity contribution in [3.63, 3.8) is 0 Å². The van der Waals surface area contributed by atoms with E-state index in [1.807, 2.05) is 114 Å². The average Bonchev–Trinajstić information content (AvgIpc) is 3.49. The van der Waals surface area contributed by atoms with Crippen molar-refractivity contribution >= 4 is 16.8 Å². The summed E-state index contributed by atoms with van der Waals surface area (Å²) in [6.07, 6.45) is 0. The molecule has 0 saturated carbocycles.